The van der Waals surface area contributed by atoms with E-state index >= 15 is 0 Å². The minimum atomic E-state index is -0.745. The lowest BCUT2D eigenvalue weighted by molar-refractivity contribution is -0.153. The molecule has 0 saturated carbocycles. The fourth-order valence-corrected chi connectivity index (χ4v) is 3.02. The minimum absolute atomic E-state index is 0.146. The molecule has 6 nitrogen and oxygen atoms in total. The Morgan fingerprint density at radius 1 is 1.00 bits per heavy atom. The highest BCUT2D eigenvalue weighted by Gasteiger charge is 2.38. The maximum Gasteiger partial charge on any atom is 0.309 e. The lowest BCUT2D eigenvalue weighted by Gasteiger charge is -2.38. The average Bonchev–Trinajstić information content (AvgIpc) is 2.48. The van der Waals surface area contributed by atoms with Gasteiger partial charge in [-0.25, -0.2) is 0 Å². The molecule has 1 amide bonds. The van der Waals surface area contributed by atoms with Crippen LogP contribution < -0.4 is 0 Å². The first-order valence-corrected chi connectivity index (χ1v) is 7.90. The standard InChI is InChI=1S/C15H27N3O3/c1-3-16-8-10-17(11-9-16)12-13(19)18-6-4-15(2,5-7-18)14(20)21/h3-12H2,1-2H3,(H,20,21). The van der Waals surface area contributed by atoms with Crippen molar-refractivity contribution < 1.29 is 14.7 Å². The number of piperazine rings is 1. The molecule has 0 aromatic carbocycles. The number of nitrogens with zero attached hydrogens (tertiary/aromatic N) is 3. The van der Waals surface area contributed by atoms with Crippen molar-refractivity contribution in [1.82, 2.24) is 14.7 Å². The van der Waals surface area contributed by atoms with Crippen LogP contribution in [0.3, 0.4) is 0 Å². The second kappa shape index (κ2) is 6.75. The molecular weight excluding hydrogens is 270 g/mol. The van der Waals surface area contributed by atoms with E-state index in [0.29, 0.717) is 32.5 Å². The highest BCUT2D eigenvalue weighted by molar-refractivity contribution is 5.79. The molecule has 0 aliphatic carbocycles. The fraction of sp³-hybridized carbons (Fsp3) is 0.867. The largest absolute Gasteiger partial charge is 0.481 e. The first-order chi connectivity index (χ1) is 9.94. The highest BCUT2D eigenvalue weighted by Crippen LogP contribution is 2.31. The van der Waals surface area contributed by atoms with Crippen molar-refractivity contribution in [2.24, 2.45) is 5.41 Å². The second-order valence-electron chi connectivity index (χ2n) is 6.46. The van der Waals surface area contributed by atoms with Crippen LogP contribution in [0.5, 0.6) is 0 Å². The van der Waals surface area contributed by atoms with Gasteiger partial charge in [0.25, 0.3) is 0 Å². The number of amides is 1. The molecule has 21 heavy (non-hydrogen) atoms. The molecule has 0 spiro atoms. The number of carboxylic acids is 1. The highest BCUT2D eigenvalue weighted by atomic mass is 16.4. The van der Waals surface area contributed by atoms with Gasteiger partial charge in [-0.3, -0.25) is 14.5 Å². The van der Waals surface area contributed by atoms with Gasteiger partial charge in [-0.15, -0.1) is 0 Å². The van der Waals surface area contributed by atoms with E-state index in [2.05, 4.69) is 16.7 Å². The van der Waals surface area contributed by atoms with Gasteiger partial charge in [0.15, 0.2) is 0 Å². The van der Waals surface area contributed by atoms with Crippen LogP contribution in [-0.4, -0.2) is 84.0 Å². The van der Waals surface area contributed by atoms with Crippen molar-refractivity contribution in [2.45, 2.75) is 26.7 Å². The number of likely N-dealkylation sites (tertiary alicyclic amines) is 1. The average molecular weight is 297 g/mol. The molecular formula is C15H27N3O3. The first kappa shape index (κ1) is 16.2. The van der Waals surface area contributed by atoms with Gasteiger partial charge in [0.05, 0.1) is 12.0 Å². The van der Waals surface area contributed by atoms with Crippen molar-refractivity contribution in [2.75, 3.05) is 52.4 Å². The summed E-state index contributed by atoms with van der Waals surface area (Å²) in [6.07, 6.45) is 1.11. The third-order valence-electron chi connectivity index (χ3n) is 5.01. The van der Waals surface area contributed by atoms with E-state index in [1.165, 1.54) is 0 Å². The summed E-state index contributed by atoms with van der Waals surface area (Å²) in [4.78, 5) is 30.0. The van der Waals surface area contributed by atoms with Crippen molar-refractivity contribution in [1.29, 1.82) is 0 Å². The van der Waals surface area contributed by atoms with E-state index in [-0.39, 0.29) is 5.91 Å². The Labute approximate surface area is 126 Å². The smallest absolute Gasteiger partial charge is 0.309 e. The molecule has 0 radical (unpaired) electrons. The minimum Gasteiger partial charge on any atom is -0.481 e. The fourth-order valence-electron chi connectivity index (χ4n) is 3.02. The number of hydrogen-bond donors (Lipinski definition) is 1. The van der Waals surface area contributed by atoms with E-state index < -0.39 is 11.4 Å². The molecule has 0 aromatic rings. The van der Waals surface area contributed by atoms with E-state index in [4.69, 9.17) is 0 Å². The Hall–Kier alpha value is -1.14. The van der Waals surface area contributed by atoms with Crippen molar-refractivity contribution >= 4 is 11.9 Å². The van der Waals surface area contributed by atoms with Crippen LogP contribution in [0, 0.1) is 5.41 Å². The number of rotatable bonds is 4. The maximum atomic E-state index is 12.3. The molecule has 0 aromatic heterocycles. The molecule has 6 heteroatoms. The van der Waals surface area contributed by atoms with Gasteiger partial charge in [-0.2, -0.15) is 0 Å². The number of carbonyl (C=O) groups is 2. The van der Waals surface area contributed by atoms with Gasteiger partial charge in [-0.05, 0) is 26.3 Å². The quantitative estimate of drug-likeness (QED) is 0.810. The lowest BCUT2D eigenvalue weighted by atomic mass is 9.80. The summed E-state index contributed by atoms with van der Waals surface area (Å²) < 4.78 is 0. The molecule has 2 aliphatic heterocycles. The van der Waals surface area contributed by atoms with Gasteiger partial charge >= 0.3 is 5.97 Å². The Morgan fingerprint density at radius 2 is 1.52 bits per heavy atom. The summed E-state index contributed by atoms with van der Waals surface area (Å²) in [5.41, 5.74) is -0.663. The first-order valence-electron chi connectivity index (χ1n) is 7.90. The number of hydrogen-bond acceptors (Lipinski definition) is 4. The molecule has 2 heterocycles. The Kier molecular flexibility index (Phi) is 5.22. The van der Waals surface area contributed by atoms with Gasteiger partial charge in [0.2, 0.25) is 5.91 Å². The summed E-state index contributed by atoms with van der Waals surface area (Å²) in [5, 5.41) is 9.22. The zero-order valence-corrected chi connectivity index (χ0v) is 13.2. The second-order valence-corrected chi connectivity index (χ2v) is 6.46. The van der Waals surface area contributed by atoms with Crippen LogP contribution in [0.4, 0.5) is 0 Å². The molecule has 2 rings (SSSR count). The molecule has 1 N–H and O–H groups in total. The molecule has 120 valence electrons. The van der Waals surface area contributed by atoms with Crippen LogP contribution in [0.25, 0.3) is 0 Å². The topological polar surface area (TPSA) is 64.1 Å². The summed E-state index contributed by atoms with van der Waals surface area (Å²) in [6, 6.07) is 0. The van der Waals surface area contributed by atoms with E-state index in [1.54, 1.807) is 6.92 Å². The van der Waals surface area contributed by atoms with Crippen LogP contribution in [0.1, 0.15) is 26.7 Å². The predicted octanol–water partition coefficient (Wildman–Crippen LogP) is 0.337. The van der Waals surface area contributed by atoms with E-state index in [9.17, 15) is 14.7 Å². The normalized spacial score (nSPS) is 24.0. The van der Waals surface area contributed by atoms with Gasteiger partial charge < -0.3 is 14.9 Å². The number of likely N-dealkylation sites (N-methyl/N-ethyl adjacent to an activating group) is 1. The number of piperidine rings is 1. The summed E-state index contributed by atoms with van der Waals surface area (Å²) in [6.45, 7) is 10.6. The third-order valence-corrected chi connectivity index (χ3v) is 5.01. The Morgan fingerprint density at radius 3 is 2.00 bits per heavy atom. The van der Waals surface area contributed by atoms with Crippen LogP contribution >= 0.6 is 0 Å². The van der Waals surface area contributed by atoms with Crippen LogP contribution in [0.2, 0.25) is 0 Å². The lowest BCUT2D eigenvalue weighted by Crippen LogP contribution is -2.52. The Balaban J connectivity index is 1.77. The summed E-state index contributed by atoms with van der Waals surface area (Å²) >= 11 is 0. The maximum absolute atomic E-state index is 12.3. The SMILES string of the molecule is CCN1CCN(CC(=O)N2CCC(C)(C(=O)O)CC2)CC1. The monoisotopic (exact) mass is 297 g/mol. The molecule has 0 atom stereocenters. The zero-order chi connectivity index (χ0) is 15.5. The molecule has 0 unspecified atom stereocenters. The Bertz CT molecular complexity index is 384. The molecule has 0 bridgehead atoms. The summed E-state index contributed by atoms with van der Waals surface area (Å²) in [7, 11) is 0. The van der Waals surface area contributed by atoms with Crippen LogP contribution in [0.15, 0.2) is 0 Å². The van der Waals surface area contributed by atoms with E-state index in [0.717, 1.165) is 32.7 Å². The summed E-state index contributed by atoms with van der Waals surface area (Å²) in [5.74, 6) is -0.599. The zero-order valence-electron chi connectivity index (χ0n) is 13.2. The molecule has 2 aliphatic rings. The predicted molar refractivity (Wildman–Crippen MR) is 80.1 cm³/mol. The number of carboxylic acid groups (broad SMARTS) is 1. The van der Waals surface area contributed by atoms with Gasteiger partial charge in [0.1, 0.15) is 0 Å². The van der Waals surface area contributed by atoms with E-state index in [1.807, 2.05) is 4.90 Å². The van der Waals surface area contributed by atoms with Gasteiger partial charge in [0, 0.05) is 39.3 Å². The molecule has 2 fully saturated rings. The van der Waals surface area contributed by atoms with Gasteiger partial charge in [-0.1, -0.05) is 6.92 Å². The number of aliphatic carboxylic acids is 1. The van der Waals surface area contributed by atoms with Crippen LogP contribution in [-0.2, 0) is 9.59 Å². The van der Waals surface area contributed by atoms with Crippen molar-refractivity contribution in [3.05, 3.63) is 0 Å². The number of carbonyl (C=O) groups excluding carboxylic acids is 1. The van der Waals surface area contributed by atoms with Crippen molar-refractivity contribution in [3.8, 4) is 0 Å². The molecule has 2 saturated heterocycles. The third kappa shape index (κ3) is 3.95. The van der Waals surface area contributed by atoms with Crippen molar-refractivity contribution in [3.63, 3.8) is 0 Å².